The van der Waals surface area contributed by atoms with Crippen molar-refractivity contribution in [2.45, 2.75) is 76.6 Å². The number of carbonyl (C=O) groups is 2. The first kappa shape index (κ1) is 19.2. The van der Waals surface area contributed by atoms with Crippen LogP contribution in [0, 0.1) is 5.92 Å². The molecule has 1 N–H and O–H groups in total. The van der Waals surface area contributed by atoms with Gasteiger partial charge in [0.05, 0.1) is 11.2 Å². The summed E-state index contributed by atoms with van der Waals surface area (Å²) in [5.74, 6) is 1.17. The van der Waals surface area contributed by atoms with Crippen LogP contribution in [0.25, 0.3) is 0 Å². The fourth-order valence-corrected chi connectivity index (χ4v) is 5.37. The number of rotatable bonds is 5. The van der Waals surface area contributed by atoms with E-state index in [9.17, 15) is 14.7 Å². The van der Waals surface area contributed by atoms with Crippen LogP contribution in [0.1, 0.15) is 85.6 Å². The van der Waals surface area contributed by atoms with Gasteiger partial charge in [-0.05, 0) is 59.4 Å². The van der Waals surface area contributed by atoms with Crippen molar-refractivity contribution in [2.75, 3.05) is 0 Å². The lowest BCUT2D eigenvalue weighted by Gasteiger charge is -2.51. The molecule has 1 saturated carbocycles. The van der Waals surface area contributed by atoms with Gasteiger partial charge in [-0.25, -0.2) is 0 Å². The van der Waals surface area contributed by atoms with E-state index in [1.54, 1.807) is 13.0 Å². The second kappa shape index (κ2) is 6.45. The highest BCUT2D eigenvalue weighted by Gasteiger charge is 2.61. The lowest BCUT2D eigenvalue weighted by Crippen LogP contribution is -2.57. The maximum Gasteiger partial charge on any atom is 0.154 e. The third-order valence-electron chi connectivity index (χ3n) is 6.83. The number of benzene rings is 1. The van der Waals surface area contributed by atoms with Crippen LogP contribution in [0.5, 0.6) is 11.5 Å². The molecule has 5 nitrogen and oxygen atoms in total. The van der Waals surface area contributed by atoms with Gasteiger partial charge in [-0.1, -0.05) is 11.6 Å². The van der Waals surface area contributed by atoms with Crippen molar-refractivity contribution < 1.29 is 24.2 Å². The van der Waals surface area contributed by atoms with Crippen molar-refractivity contribution in [1.29, 1.82) is 0 Å². The molecule has 0 radical (unpaired) electrons. The van der Waals surface area contributed by atoms with Gasteiger partial charge in [-0.2, -0.15) is 0 Å². The average molecular weight is 384 g/mol. The highest BCUT2D eigenvalue weighted by molar-refractivity contribution is 5.95. The van der Waals surface area contributed by atoms with Crippen LogP contribution in [0.15, 0.2) is 17.7 Å². The molecule has 4 rings (SSSR count). The first-order valence-corrected chi connectivity index (χ1v) is 10.0. The fraction of sp³-hybridized carbons (Fsp3) is 0.565. The number of allylic oxidation sites excluding steroid dienone is 2. The highest BCUT2D eigenvalue weighted by Crippen LogP contribution is 2.62. The Kier molecular flexibility index (Phi) is 4.42. The summed E-state index contributed by atoms with van der Waals surface area (Å²) in [4.78, 5) is 23.3. The Morgan fingerprint density at radius 2 is 2.04 bits per heavy atom. The molecule has 0 bridgehead atoms. The average Bonchev–Trinajstić information content (AvgIpc) is 3.02. The van der Waals surface area contributed by atoms with Gasteiger partial charge in [-0.3, -0.25) is 9.59 Å². The molecule has 0 unspecified atom stereocenters. The first-order valence-electron chi connectivity index (χ1n) is 10.0. The first-order chi connectivity index (χ1) is 13.2. The molecular weight excluding hydrogens is 356 g/mol. The zero-order chi connectivity index (χ0) is 20.3. The number of carbonyl (C=O) groups excluding carboxylic acids is 2. The summed E-state index contributed by atoms with van der Waals surface area (Å²) < 4.78 is 12.7. The van der Waals surface area contributed by atoms with E-state index >= 15 is 0 Å². The second-order valence-corrected chi connectivity index (χ2v) is 9.16. The number of aliphatic hydroxyl groups is 1. The molecule has 1 aliphatic carbocycles. The molecule has 2 heterocycles. The molecule has 0 amide bonds. The minimum absolute atomic E-state index is 0.0430. The molecule has 1 fully saturated rings. The number of aldehydes is 2. The van der Waals surface area contributed by atoms with Crippen LogP contribution in [0.4, 0.5) is 0 Å². The molecule has 28 heavy (non-hydrogen) atoms. The van der Waals surface area contributed by atoms with Crippen LogP contribution in [-0.2, 0) is 0 Å². The van der Waals surface area contributed by atoms with Gasteiger partial charge in [0.1, 0.15) is 23.2 Å². The van der Waals surface area contributed by atoms with E-state index in [-0.39, 0.29) is 23.0 Å². The molecule has 0 aromatic heterocycles. The molecule has 1 aromatic carbocycles. The van der Waals surface area contributed by atoms with E-state index in [0.29, 0.717) is 30.5 Å². The molecule has 1 aromatic rings. The summed E-state index contributed by atoms with van der Waals surface area (Å²) in [6.45, 7) is 8.10. The van der Waals surface area contributed by atoms with Crippen LogP contribution in [0.3, 0.4) is 0 Å². The zero-order valence-corrected chi connectivity index (χ0v) is 17.0. The Morgan fingerprint density at radius 3 is 2.68 bits per heavy atom. The molecule has 3 aliphatic rings. The lowest BCUT2D eigenvalue weighted by molar-refractivity contribution is -0.125. The second-order valence-electron chi connectivity index (χ2n) is 9.16. The van der Waals surface area contributed by atoms with Gasteiger partial charge in [0, 0.05) is 23.0 Å². The largest absolute Gasteiger partial charge is 0.487 e. The van der Waals surface area contributed by atoms with Crippen LogP contribution < -0.4 is 9.47 Å². The van der Waals surface area contributed by atoms with Gasteiger partial charge in [0.25, 0.3) is 0 Å². The predicted octanol–water partition coefficient (Wildman–Crippen LogP) is 4.21. The summed E-state index contributed by atoms with van der Waals surface area (Å²) in [5.41, 5.74) is 1.24. The minimum atomic E-state index is -0.989. The topological polar surface area (TPSA) is 72.8 Å². The van der Waals surface area contributed by atoms with Crippen molar-refractivity contribution in [3.63, 3.8) is 0 Å². The van der Waals surface area contributed by atoms with Crippen molar-refractivity contribution in [3.05, 3.63) is 34.4 Å². The van der Waals surface area contributed by atoms with E-state index in [1.807, 2.05) is 0 Å². The van der Waals surface area contributed by atoms with Gasteiger partial charge >= 0.3 is 0 Å². The Hall–Kier alpha value is -2.14. The Balaban J connectivity index is 1.86. The minimum Gasteiger partial charge on any atom is -0.487 e. The van der Waals surface area contributed by atoms with Crippen LogP contribution >= 0.6 is 0 Å². The summed E-state index contributed by atoms with van der Waals surface area (Å²) in [6, 6.07) is 1.67. The molecular formula is C23H28O5. The van der Waals surface area contributed by atoms with Gasteiger partial charge in [0.15, 0.2) is 12.6 Å². The van der Waals surface area contributed by atoms with Crippen LogP contribution in [-0.4, -0.2) is 35.0 Å². The van der Waals surface area contributed by atoms with Gasteiger partial charge < -0.3 is 14.6 Å². The maximum atomic E-state index is 11.7. The third kappa shape index (κ3) is 2.71. The van der Waals surface area contributed by atoms with Crippen molar-refractivity contribution in [2.24, 2.45) is 5.92 Å². The Labute approximate surface area is 165 Å². The summed E-state index contributed by atoms with van der Waals surface area (Å²) in [5, 5.41) is 11.0. The van der Waals surface area contributed by atoms with Gasteiger partial charge in [0.2, 0.25) is 0 Å². The van der Waals surface area contributed by atoms with E-state index in [4.69, 9.17) is 9.47 Å². The van der Waals surface area contributed by atoms with Crippen molar-refractivity contribution in [1.82, 2.24) is 0 Å². The Bertz CT molecular complexity index is 864. The standard InChI is InChI=1S/C23H28O5/c1-13(2)6-5-8-23(4)16-7-9-22(3,26)21-18(16)19-17(28-23)10-14(11-24)15(12-25)20(19)27-21/h6,10-12,16,18,21,26H,5,7-9H2,1-4H3/t16-,18+,21-,22+,23+/m0/s1. The highest BCUT2D eigenvalue weighted by atomic mass is 16.5. The van der Waals surface area contributed by atoms with E-state index in [1.165, 1.54) is 5.57 Å². The SMILES string of the molecule is CC(C)=CCC[C@@]1(C)Oc2cc(C=O)c(C=O)c3c2[C@H]2[C@@H]1CC[C@@](C)(O)[C@H]2O3. The smallest absolute Gasteiger partial charge is 0.154 e. The van der Waals surface area contributed by atoms with Gasteiger partial charge in [-0.15, -0.1) is 0 Å². The monoisotopic (exact) mass is 384 g/mol. The number of ether oxygens (including phenoxy) is 2. The van der Waals surface area contributed by atoms with Crippen molar-refractivity contribution in [3.8, 4) is 11.5 Å². The Morgan fingerprint density at radius 1 is 1.29 bits per heavy atom. The third-order valence-corrected chi connectivity index (χ3v) is 6.83. The summed E-state index contributed by atoms with van der Waals surface area (Å²) in [7, 11) is 0. The lowest BCUT2D eigenvalue weighted by atomic mass is 9.61. The number of hydrogen-bond donors (Lipinski definition) is 1. The molecule has 5 heteroatoms. The van der Waals surface area contributed by atoms with E-state index < -0.39 is 17.3 Å². The molecule has 0 saturated heterocycles. The maximum absolute atomic E-state index is 11.7. The van der Waals surface area contributed by atoms with E-state index in [0.717, 1.165) is 24.8 Å². The number of hydrogen-bond acceptors (Lipinski definition) is 5. The summed E-state index contributed by atoms with van der Waals surface area (Å²) in [6.07, 6.45) is 6.29. The summed E-state index contributed by atoms with van der Waals surface area (Å²) >= 11 is 0. The molecule has 5 atom stereocenters. The zero-order valence-electron chi connectivity index (χ0n) is 17.0. The van der Waals surface area contributed by atoms with Crippen molar-refractivity contribution >= 4 is 12.6 Å². The van der Waals surface area contributed by atoms with Crippen LogP contribution in [0.2, 0.25) is 0 Å². The predicted molar refractivity (Wildman–Crippen MR) is 105 cm³/mol. The quantitative estimate of drug-likeness (QED) is 0.608. The molecule has 2 aliphatic heterocycles. The molecule has 0 spiro atoms. The fourth-order valence-electron chi connectivity index (χ4n) is 5.37. The van der Waals surface area contributed by atoms with E-state index in [2.05, 4.69) is 26.8 Å². The molecule has 150 valence electrons. The normalized spacial score (nSPS) is 34.7.